The molecule has 1 saturated carbocycles. The van der Waals surface area contributed by atoms with Crippen molar-refractivity contribution in [1.82, 2.24) is 10.3 Å². The lowest BCUT2D eigenvalue weighted by molar-refractivity contribution is 0.131. The molecule has 1 heterocycles. The number of thiazole rings is 1. The summed E-state index contributed by atoms with van der Waals surface area (Å²) in [7, 11) is 0. The molecule has 84 valence electrons. The Hall–Kier alpha value is -0.450. The summed E-state index contributed by atoms with van der Waals surface area (Å²) in [6.07, 6.45) is 3.22. The Kier molecular flexibility index (Phi) is 3.72. The van der Waals surface area contributed by atoms with E-state index in [1.54, 1.807) is 11.3 Å². The maximum Gasteiger partial charge on any atom is 0.107 e. The molecular formula is C11H18N2OS. The van der Waals surface area contributed by atoms with Crippen LogP contribution in [-0.2, 0) is 6.54 Å². The van der Waals surface area contributed by atoms with E-state index in [0.29, 0.717) is 5.92 Å². The maximum absolute atomic E-state index is 9.64. The van der Waals surface area contributed by atoms with Crippen LogP contribution in [0.4, 0.5) is 0 Å². The zero-order chi connectivity index (χ0) is 10.7. The number of hydrogen-bond acceptors (Lipinski definition) is 4. The fourth-order valence-corrected chi connectivity index (χ4v) is 2.85. The number of rotatable bonds is 4. The van der Waals surface area contributed by atoms with Gasteiger partial charge in [-0.1, -0.05) is 6.42 Å². The summed E-state index contributed by atoms with van der Waals surface area (Å²) in [5, 5.41) is 16.2. The fourth-order valence-electron chi connectivity index (χ4n) is 2.10. The van der Waals surface area contributed by atoms with E-state index in [1.807, 2.05) is 6.92 Å². The first-order valence-electron chi connectivity index (χ1n) is 5.55. The highest BCUT2D eigenvalue weighted by molar-refractivity contribution is 7.09. The Labute approximate surface area is 94.5 Å². The van der Waals surface area contributed by atoms with Gasteiger partial charge in [0.25, 0.3) is 0 Å². The number of hydrogen-bond donors (Lipinski definition) is 2. The monoisotopic (exact) mass is 226 g/mol. The quantitative estimate of drug-likeness (QED) is 0.821. The molecule has 1 aliphatic carbocycles. The van der Waals surface area contributed by atoms with Crippen LogP contribution in [-0.4, -0.2) is 22.7 Å². The van der Waals surface area contributed by atoms with Crippen LogP contribution in [0.15, 0.2) is 5.38 Å². The van der Waals surface area contributed by atoms with Crippen molar-refractivity contribution in [2.45, 2.75) is 38.8 Å². The van der Waals surface area contributed by atoms with Crippen molar-refractivity contribution < 1.29 is 5.11 Å². The molecule has 2 atom stereocenters. The van der Waals surface area contributed by atoms with Crippen LogP contribution in [0, 0.1) is 12.8 Å². The van der Waals surface area contributed by atoms with Gasteiger partial charge in [-0.15, -0.1) is 11.3 Å². The van der Waals surface area contributed by atoms with Gasteiger partial charge in [0.1, 0.15) is 5.01 Å². The standard InChI is InChI=1S/C11H18N2OS/c1-8-7-15-11(13-8)6-12-5-9-3-2-4-10(9)14/h7,9-10,12,14H,2-6H2,1H3. The molecule has 0 radical (unpaired) electrons. The van der Waals surface area contributed by atoms with Crippen molar-refractivity contribution in [3.05, 3.63) is 16.1 Å². The highest BCUT2D eigenvalue weighted by atomic mass is 32.1. The second-order valence-electron chi connectivity index (χ2n) is 4.27. The molecule has 0 bridgehead atoms. The minimum absolute atomic E-state index is 0.0875. The smallest absolute Gasteiger partial charge is 0.107 e. The van der Waals surface area contributed by atoms with Gasteiger partial charge in [-0.25, -0.2) is 4.98 Å². The van der Waals surface area contributed by atoms with Crippen LogP contribution < -0.4 is 5.32 Å². The molecule has 0 saturated heterocycles. The minimum Gasteiger partial charge on any atom is -0.393 e. The van der Waals surface area contributed by atoms with Gasteiger partial charge in [-0.3, -0.25) is 0 Å². The average Bonchev–Trinajstić information content (AvgIpc) is 2.77. The Morgan fingerprint density at radius 1 is 1.60 bits per heavy atom. The third-order valence-electron chi connectivity index (χ3n) is 2.97. The molecule has 15 heavy (non-hydrogen) atoms. The predicted octanol–water partition coefficient (Wildman–Crippen LogP) is 1.70. The highest BCUT2D eigenvalue weighted by Crippen LogP contribution is 2.24. The number of nitrogens with zero attached hydrogens (tertiary/aromatic N) is 1. The van der Waals surface area contributed by atoms with E-state index in [1.165, 1.54) is 6.42 Å². The van der Waals surface area contributed by atoms with Crippen molar-refractivity contribution in [3.63, 3.8) is 0 Å². The molecular weight excluding hydrogens is 208 g/mol. The van der Waals surface area contributed by atoms with Gasteiger partial charge in [-0.2, -0.15) is 0 Å². The fraction of sp³-hybridized carbons (Fsp3) is 0.727. The van der Waals surface area contributed by atoms with Gasteiger partial charge in [0, 0.05) is 24.2 Å². The van der Waals surface area contributed by atoms with E-state index in [0.717, 1.165) is 36.6 Å². The lowest BCUT2D eigenvalue weighted by Crippen LogP contribution is -2.27. The van der Waals surface area contributed by atoms with E-state index in [-0.39, 0.29) is 6.10 Å². The molecule has 4 heteroatoms. The number of aliphatic hydroxyl groups excluding tert-OH is 1. The number of aryl methyl sites for hydroxylation is 1. The van der Waals surface area contributed by atoms with Gasteiger partial charge in [0.2, 0.25) is 0 Å². The second-order valence-corrected chi connectivity index (χ2v) is 5.21. The first kappa shape index (κ1) is 11.0. The van der Waals surface area contributed by atoms with Crippen LogP contribution in [0.25, 0.3) is 0 Å². The molecule has 0 aromatic carbocycles. The zero-order valence-corrected chi connectivity index (χ0v) is 9.89. The first-order chi connectivity index (χ1) is 7.25. The molecule has 0 spiro atoms. The predicted molar refractivity (Wildman–Crippen MR) is 61.9 cm³/mol. The van der Waals surface area contributed by atoms with Crippen LogP contribution in [0.2, 0.25) is 0 Å². The Morgan fingerprint density at radius 3 is 3.07 bits per heavy atom. The van der Waals surface area contributed by atoms with Crippen molar-refractivity contribution in [3.8, 4) is 0 Å². The molecule has 2 rings (SSSR count). The van der Waals surface area contributed by atoms with Gasteiger partial charge >= 0.3 is 0 Å². The van der Waals surface area contributed by atoms with Crippen molar-refractivity contribution >= 4 is 11.3 Å². The van der Waals surface area contributed by atoms with Crippen LogP contribution in [0.5, 0.6) is 0 Å². The van der Waals surface area contributed by atoms with Crippen molar-refractivity contribution in [2.75, 3.05) is 6.54 Å². The van der Waals surface area contributed by atoms with E-state index in [4.69, 9.17) is 0 Å². The van der Waals surface area contributed by atoms with E-state index < -0.39 is 0 Å². The summed E-state index contributed by atoms with van der Waals surface area (Å²) in [6.45, 7) is 3.77. The Morgan fingerprint density at radius 2 is 2.47 bits per heavy atom. The molecule has 1 aromatic rings. The summed E-state index contributed by atoms with van der Waals surface area (Å²) in [5.74, 6) is 0.450. The summed E-state index contributed by atoms with van der Waals surface area (Å²) < 4.78 is 0. The molecule has 3 nitrogen and oxygen atoms in total. The lowest BCUT2D eigenvalue weighted by Gasteiger charge is -2.14. The highest BCUT2D eigenvalue weighted by Gasteiger charge is 2.24. The normalized spacial score (nSPS) is 26.0. The average molecular weight is 226 g/mol. The molecule has 2 unspecified atom stereocenters. The van der Waals surface area contributed by atoms with Gasteiger partial charge in [-0.05, 0) is 25.7 Å². The second kappa shape index (κ2) is 5.05. The van der Waals surface area contributed by atoms with E-state index in [9.17, 15) is 5.11 Å². The summed E-state index contributed by atoms with van der Waals surface area (Å²) in [5.41, 5.74) is 1.10. The Balaban J connectivity index is 1.70. The van der Waals surface area contributed by atoms with Crippen LogP contribution in [0.3, 0.4) is 0 Å². The molecule has 0 amide bonds. The Bertz CT molecular complexity index is 313. The SMILES string of the molecule is Cc1csc(CNCC2CCCC2O)n1. The molecule has 1 aliphatic rings. The van der Waals surface area contributed by atoms with Gasteiger partial charge < -0.3 is 10.4 Å². The van der Waals surface area contributed by atoms with Crippen molar-refractivity contribution in [2.24, 2.45) is 5.92 Å². The largest absolute Gasteiger partial charge is 0.393 e. The van der Waals surface area contributed by atoms with E-state index in [2.05, 4.69) is 15.7 Å². The number of aliphatic hydroxyl groups is 1. The number of nitrogens with one attached hydrogen (secondary N) is 1. The molecule has 0 aliphatic heterocycles. The third-order valence-corrected chi connectivity index (χ3v) is 3.93. The minimum atomic E-state index is -0.0875. The molecule has 1 aromatic heterocycles. The molecule has 2 N–H and O–H groups in total. The topological polar surface area (TPSA) is 45.1 Å². The van der Waals surface area contributed by atoms with Crippen molar-refractivity contribution in [1.29, 1.82) is 0 Å². The van der Waals surface area contributed by atoms with Gasteiger partial charge in [0.05, 0.1) is 6.10 Å². The zero-order valence-electron chi connectivity index (χ0n) is 9.07. The summed E-state index contributed by atoms with van der Waals surface area (Å²) in [4.78, 5) is 4.39. The van der Waals surface area contributed by atoms with E-state index >= 15 is 0 Å². The lowest BCUT2D eigenvalue weighted by atomic mass is 10.1. The van der Waals surface area contributed by atoms with Gasteiger partial charge in [0.15, 0.2) is 0 Å². The number of aromatic nitrogens is 1. The molecule has 1 fully saturated rings. The third kappa shape index (κ3) is 3.00. The first-order valence-corrected chi connectivity index (χ1v) is 6.43. The summed E-state index contributed by atoms with van der Waals surface area (Å²) >= 11 is 1.70. The summed E-state index contributed by atoms with van der Waals surface area (Å²) in [6, 6.07) is 0. The van der Waals surface area contributed by atoms with Crippen LogP contribution >= 0.6 is 11.3 Å². The van der Waals surface area contributed by atoms with Crippen LogP contribution in [0.1, 0.15) is 30.0 Å². The maximum atomic E-state index is 9.64.